The molecule has 0 spiro atoms. The second-order valence-electron chi connectivity index (χ2n) is 5.56. The quantitative estimate of drug-likeness (QED) is 0.860. The van der Waals surface area contributed by atoms with Gasteiger partial charge in [0.15, 0.2) is 0 Å². The first-order valence-corrected chi connectivity index (χ1v) is 7.44. The van der Waals surface area contributed by atoms with E-state index in [9.17, 15) is 0 Å². The van der Waals surface area contributed by atoms with Gasteiger partial charge in [0.1, 0.15) is 0 Å². The fourth-order valence-electron chi connectivity index (χ4n) is 2.22. The molecule has 0 bridgehead atoms. The van der Waals surface area contributed by atoms with Crippen LogP contribution in [0.15, 0.2) is 36.5 Å². The lowest BCUT2D eigenvalue weighted by Gasteiger charge is -2.14. The molecule has 0 aliphatic rings. The molecule has 1 heterocycles. The van der Waals surface area contributed by atoms with E-state index >= 15 is 0 Å². The summed E-state index contributed by atoms with van der Waals surface area (Å²) in [4.78, 5) is 0. The minimum atomic E-state index is 0.337. The van der Waals surface area contributed by atoms with Crippen molar-refractivity contribution in [2.75, 3.05) is 0 Å². The Kier molecular flexibility index (Phi) is 4.96. The summed E-state index contributed by atoms with van der Waals surface area (Å²) in [6.07, 6.45) is 3.18. The van der Waals surface area contributed by atoms with E-state index in [-0.39, 0.29) is 0 Å². The fraction of sp³-hybridized carbons (Fsp3) is 0.471. The molecule has 1 aromatic carbocycles. The van der Waals surface area contributed by atoms with Crippen LogP contribution in [0.3, 0.4) is 0 Å². The predicted molar refractivity (Wildman–Crippen MR) is 83.7 cm³/mol. The lowest BCUT2D eigenvalue weighted by molar-refractivity contribution is 0.468. The van der Waals surface area contributed by atoms with Crippen LogP contribution in [0, 0.1) is 6.92 Å². The monoisotopic (exact) mass is 271 g/mol. The molecule has 2 aromatic rings. The van der Waals surface area contributed by atoms with Gasteiger partial charge < -0.3 is 5.32 Å². The lowest BCUT2D eigenvalue weighted by Crippen LogP contribution is -2.18. The number of benzene rings is 1. The maximum atomic E-state index is 4.62. The van der Waals surface area contributed by atoms with Crippen LogP contribution in [0.25, 0.3) is 0 Å². The molecular formula is C17H25N3. The average Bonchev–Trinajstić information content (AvgIpc) is 2.92. The molecule has 0 radical (unpaired) electrons. The van der Waals surface area contributed by atoms with E-state index in [1.165, 1.54) is 11.1 Å². The Morgan fingerprint density at radius 2 is 2.05 bits per heavy atom. The standard InChI is InChI=1S/C17H25N3/c1-5-14(3)20-10-9-17(19-20)12-18-15(4)16-8-6-7-13(2)11-16/h6-11,14-15,18H,5,12H2,1-4H3/t14?,15-/m1/s1. The zero-order chi connectivity index (χ0) is 14.5. The highest BCUT2D eigenvalue weighted by atomic mass is 15.3. The molecule has 1 N–H and O–H groups in total. The molecule has 108 valence electrons. The normalized spacial score (nSPS) is 14.2. The number of rotatable bonds is 6. The van der Waals surface area contributed by atoms with E-state index in [2.05, 4.69) is 74.6 Å². The summed E-state index contributed by atoms with van der Waals surface area (Å²) >= 11 is 0. The molecule has 2 atom stereocenters. The number of nitrogens with one attached hydrogen (secondary N) is 1. The van der Waals surface area contributed by atoms with Crippen LogP contribution < -0.4 is 5.32 Å². The maximum Gasteiger partial charge on any atom is 0.0762 e. The molecule has 0 fully saturated rings. The Labute approximate surface area is 122 Å². The number of nitrogens with zero attached hydrogens (tertiary/aromatic N) is 2. The summed E-state index contributed by atoms with van der Waals surface area (Å²) in [6.45, 7) is 9.51. The van der Waals surface area contributed by atoms with E-state index in [1.54, 1.807) is 0 Å². The van der Waals surface area contributed by atoms with Gasteiger partial charge in [0.25, 0.3) is 0 Å². The average molecular weight is 271 g/mol. The molecular weight excluding hydrogens is 246 g/mol. The van der Waals surface area contributed by atoms with Crippen molar-refractivity contribution in [3.05, 3.63) is 53.3 Å². The minimum absolute atomic E-state index is 0.337. The predicted octanol–water partition coefficient (Wildman–Crippen LogP) is 4.01. The molecule has 3 heteroatoms. The van der Waals surface area contributed by atoms with Crippen LogP contribution in [-0.2, 0) is 6.54 Å². The van der Waals surface area contributed by atoms with E-state index in [4.69, 9.17) is 0 Å². The van der Waals surface area contributed by atoms with Crippen molar-refractivity contribution in [3.63, 3.8) is 0 Å². The molecule has 0 saturated carbocycles. The van der Waals surface area contributed by atoms with Gasteiger partial charge in [0.2, 0.25) is 0 Å². The zero-order valence-electron chi connectivity index (χ0n) is 12.9. The summed E-state index contributed by atoms with van der Waals surface area (Å²) in [6, 6.07) is 11.5. The molecule has 1 aromatic heterocycles. The molecule has 0 aliphatic carbocycles. The molecule has 2 rings (SSSR count). The van der Waals surface area contributed by atoms with Crippen LogP contribution >= 0.6 is 0 Å². The van der Waals surface area contributed by atoms with Gasteiger partial charge in [0.05, 0.1) is 5.69 Å². The fourth-order valence-corrected chi connectivity index (χ4v) is 2.22. The van der Waals surface area contributed by atoms with Gasteiger partial charge in [-0.2, -0.15) is 5.10 Å². The Hall–Kier alpha value is -1.61. The Morgan fingerprint density at radius 1 is 1.25 bits per heavy atom. The Balaban J connectivity index is 1.93. The summed E-state index contributed by atoms with van der Waals surface area (Å²) < 4.78 is 2.05. The van der Waals surface area contributed by atoms with Gasteiger partial charge in [0, 0.05) is 24.8 Å². The third-order valence-electron chi connectivity index (χ3n) is 3.84. The van der Waals surface area contributed by atoms with E-state index in [0.717, 1.165) is 18.7 Å². The summed E-state index contributed by atoms with van der Waals surface area (Å²) in [5, 5.41) is 8.16. The largest absolute Gasteiger partial charge is 0.304 e. The van der Waals surface area contributed by atoms with E-state index in [0.29, 0.717) is 12.1 Å². The number of hydrogen-bond acceptors (Lipinski definition) is 2. The minimum Gasteiger partial charge on any atom is -0.304 e. The number of aromatic nitrogens is 2. The van der Waals surface area contributed by atoms with Crippen molar-refractivity contribution in [2.45, 2.75) is 52.7 Å². The summed E-state index contributed by atoms with van der Waals surface area (Å²) in [7, 11) is 0. The highest BCUT2D eigenvalue weighted by Gasteiger charge is 2.08. The molecule has 1 unspecified atom stereocenters. The van der Waals surface area contributed by atoms with Gasteiger partial charge in [-0.3, -0.25) is 4.68 Å². The first-order valence-electron chi connectivity index (χ1n) is 7.44. The van der Waals surface area contributed by atoms with Crippen molar-refractivity contribution in [3.8, 4) is 0 Å². The second kappa shape index (κ2) is 6.71. The van der Waals surface area contributed by atoms with Crippen LogP contribution in [0.4, 0.5) is 0 Å². The first kappa shape index (κ1) is 14.8. The number of aryl methyl sites for hydroxylation is 1. The van der Waals surface area contributed by atoms with Crippen LogP contribution in [0.5, 0.6) is 0 Å². The molecule has 3 nitrogen and oxygen atoms in total. The SMILES string of the molecule is CCC(C)n1ccc(CN[C@H](C)c2cccc(C)c2)n1. The van der Waals surface area contributed by atoms with Crippen molar-refractivity contribution in [1.29, 1.82) is 0 Å². The molecule has 0 saturated heterocycles. The third-order valence-corrected chi connectivity index (χ3v) is 3.84. The summed E-state index contributed by atoms with van der Waals surface area (Å²) in [5.41, 5.74) is 3.73. The molecule has 0 aliphatic heterocycles. The van der Waals surface area contributed by atoms with Crippen molar-refractivity contribution in [2.24, 2.45) is 0 Å². The van der Waals surface area contributed by atoms with Gasteiger partial charge in [-0.25, -0.2) is 0 Å². The van der Waals surface area contributed by atoms with Crippen LogP contribution in [0.2, 0.25) is 0 Å². The third kappa shape index (κ3) is 3.70. The van der Waals surface area contributed by atoms with Crippen LogP contribution in [0.1, 0.15) is 56.1 Å². The summed E-state index contributed by atoms with van der Waals surface area (Å²) in [5.74, 6) is 0. The Morgan fingerprint density at radius 3 is 2.75 bits per heavy atom. The molecule has 20 heavy (non-hydrogen) atoms. The molecule has 0 amide bonds. The lowest BCUT2D eigenvalue weighted by atomic mass is 10.1. The smallest absolute Gasteiger partial charge is 0.0762 e. The van der Waals surface area contributed by atoms with E-state index < -0.39 is 0 Å². The van der Waals surface area contributed by atoms with Crippen molar-refractivity contribution in [1.82, 2.24) is 15.1 Å². The second-order valence-corrected chi connectivity index (χ2v) is 5.56. The van der Waals surface area contributed by atoms with Crippen molar-refractivity contribution < 1.29 is 0 Å². The van der Waals surface area contributed by atoms with Gasteiger partial charge in [-0.05, 0) is 38.8 Å². The van der Waals surface area contributed by atoms with E-state index in [1.807, 2.05) is 4.68 Å². The highest BCUT2D eigenvalue weighted by molar-refractivity contribution is 5.24. The van der Waals surface area contributed by atoms with Gasteiger partial charge in [-0.1, -0.05) is 36.8 Å². The van der Waals surface area contributed by atoms with Gasteiger partial charge >= 0.3 is 0 Å². The number of hydrogen-bond donors (Lipinski definition) is 1. The highest BCUT2D eigenvalue weighted by Crippen LogP contribution is 2.15. The van der Waals surface area contributed by atoms with Crippen molar-refractivity contribution >= 4 is 0 Å². The maximum absolute atomic E-state index is 4.62. The first-order chi connectivity index (χ1) is 9.60. The zero-order valence-corrected chi connectivity index (χ0v) is 12.9. The van der Waals surface area contributed by atoms with Gasteiger partial charge in [-0.15, -0.1) is 0 Å². The van der Waals surface area contributed by atoms with Crippen LogP contribution in [-0.4, -0.2) is 9.78 Å². The Bertz CT molecular complexity index is 545. The topological polar surface area (TPSA) is 29.9 Å².